The average Bonchev–Trinajstić information content (AvgIpc) is 3.21. The second-order valence-corrected chi connectivity index (χ2v) is 11.9. The molecule has 0 bridgehead atoms. The van der Waals surface area contributed by atoms with Crippen LogP contribution in [0.5, 0.6) is 0 Å². The predicted octanol–water partition coefficient (Wildman–Crippen LogP) is 3.58. The minimum absolute atomic E-state index is 0.0988. The molecule has 5 rings (SSSR count). The molecular weight excluding hydrogens is 478 g/mol. The molecule has 36 heavy (non-hydrogen) atoms. The van der Waals surface area contributed by atoms with Crippen LogP contribution in [0, 0.1) is 5.92 Å². The summed E-state index contributed by atoms with van der Waals surface area (Å²) in [4.78, 5) is 20.3. The molecule has 1 aromatic carbocycles. The topological polar surface area (TPSA) is 97.6 Å². The standard InChI is InChI=1S/C26H33N5O4S/c1-29(36(3,33)34)26(32)21-16-22(30-14-12-18(13-15-30)17-35-2)23-24(19-8-7-9-19)28-31(25(23)27-21)20-10-5-4-6-11-20/h4-6,10-11,16,18-19H,7-9,12-15,17H2,1-3H3. The summed E-state index contributed by atoms with van der Waals surface area (Å²) < 4.78 is 32.3. The van der Waals surface area contributed by atoms with Crippen molar-refractivity contribution in [3.05, 3.63) is 47.8 Å². The monoisotopic (exact) mass is 511 g/mol. The van der Waals surface area contributed by atoms with Gasteiger partial charge in [0.1, 0.15) is 5.69 Å². The Balaban J connectivity index is 1.70. The molecule has 2 aliphatic rings. The van der Waals surface area contributed by atoms with Crippen LogP contribution in [-0.4, -0.2) is 73.5 Å². The van der Waals surface area contributed by atoms with Crippen LogP contribution in [0.3, 0.4) is 0 Å². The number of fused-ring (bicyclic) bond motifs is 1. The molecule has 9 nitrogen and oxygen atoms in total. The van der Waals surface area contributed by atoms with Gasteiger partial charge < -0.3 is 9.64 Å². The number of methoxy groups -OCH3 is 1. The lowest BCUT2D eigenvalue weighted by molar-refractivity contribution is 0.0878. The summed E-state index contributed by atoms with van der Waals surface area (Å²) in [6, 6.07) is 11.5. The molecule has 0 N–H and O–H groups in total. The Morgan fingerprint density at radius 1 is 1.14 bits per heavy atom. The molecule has 1 saturated heterocycles. The lowest BCUT2D eigenvalue weighted by Gasteiger charge is -2.34. The maximum atomic E-state index is 13.3. The summed E-state index contributed by atoms with van der Waals surface area (Å²) in [5, 5.41) is 6.00. The van der Waals surface area contributed by atoms with Crippen LogP contribution < -0.4 is 4.90 Å². The lowest BCUT2D eigenvalue weighted by Crippen LogP contribution is -2.36. The average molecular weight is 512 g/mol. The molecule has 0 radical (unpaired) electrons. The quantitative estimate of drug-likeness (QED) is 0.478. The largest absolute Gasteiger partial charge is 0.384 e. The first kappa shape index (κ1) is 24.7. The number of aromatic nitrogens is 3. The molecule has 0 unspecified atom stereocenters. The number of anilines is 1. The zero-order chi connectivity index (χ0) is 25.4. The zero-order valence-electron chi connectivity index (χ0n) is 21.1. The number of hydrogen-bond donors (Lipinski definition) is 0. The SMILES string of the molecule is COCC1CCN(c2cc(C(=O)N(C)S(C)(=O)=O)nc3c2c(C2CCC2)nn3-c2ccccc2)CC1. The highest BCUT2D eigenvalue weighted by atomic mass is 32.2. The molecule has 0 atom stereocenters. The van der Waals surface area contributed by atoms with Crippen molar-refractivity contribution in [3.8, 4) is 5.69 Å². The highest BCUT2D eigenvalue weighted by Crippen LogP contribution is 2.43. The van der Waals surface area contributed by atoms with Crippen LogP contribution in [0.25, 0.3) is 16.7 Å². The van der Waals surface area contributed by atoms with Gasteiger partial charge in [-0.05, 0) is 49.8 Å². The van der Waals surface area contributed by atoms with Gasteiger partial charge in [-0.25, -0.2) is 22.4 Å². The van der Waals surface area contributed by atoms with Crippen LogP contribution in [0.1, 0.15) is 54.2 Å². The van der Waals surface area contributed by atoms with E-state index in [1.165, 1.54) is 13.5 Å². The van der Waals surface area contributed by atoms with Crippen LogP contribution >= 0.6 is 0 Å². The van der Waals surface area contributed by atoms with Crippen LogP contribution in [-0.2, 0) is 14.8 Å². The van der Waals surface area contributed by atoms with Gasteiger partial charge in [0.25, 0.3) is 5.91 Å². The number of carbonyl (C=O) groups is 1. The number of benzene rings is 1. The summed E-state index contributed by atoms with van der Waals surface area (Å²) in [6.45, 7) is 2.38. The second-order valence-electron chi connectivity index (χ2n) is 9.91. The van der Waals surface area contributed by atoms with Crippen molar-refractivity contribution in [1.29, 1.82) is 0 Å². The molecular formula is C26H33N5O4S. The van der Waals surface area contributed by atoms with Crippen molar-refractivity contribution in [1.82, 2.24) is 19.1 Å². The summed E-state index contributed by atoms with van der Waals surface area (Å²) in [6.07, 6.45) is 6.31. The van der Waals surface area contributed by atoms with E-state index in [2.05, 4.69) is 4.90 Å². The minimum atomic E-state index is -3.73. The number of piperidine rings is 1. The Bertz CT molecular complexity index is 1360. The first-order valence-electron chi connectivity index (χ1n) is 12.5. The van der Waals surface area contributed by atoms with Gasteiger partial charge in [-0.15, -0.1) is 0 Å². The van der Waals surface area contributed by atoms with E-state index in [-0.39, 0.29) is 5.69 Å². The molecule has 1 aliphatic heterocycles. The van der Waals surface area contributed by atoms with Crippen molar-refractivity contribution < 1.29 is 17.9 Å². The van der Waals surface area contributed by atoms with Crippen molar-refractivity contribution in [2.75, 3.05) is 45.0 Å². The highest BCUT2D eigenvalue weighted by molar-refractivity contribution is 7.88. The van der Waals surface area contributed by atoms with Gasteiger partial charge in [0.15, 0.2) is 5.65 Å². The third kappa shape index (κ3) is 4.59. The van der Waals surface area contributed by atoms with Crippen molar-refractivity contribution in [2.45, 2.75) is 38.0 Å². The Kier molecular flexibility index (Phi) is 6.74. The van der Waals surface area contributed by atoms with Gasteiger partial charge in [-0.2, -0.15) is 5.10 Å². The van der Waals surface area contributed by atoms with E-state index in [0.29, 0.717) is 17.5 Å². The summed E-state index contributed by atoms with van der Waals surface area (Å²) in [7, 11) is -0.721. The van der Waals surface area contributed by atoms with Crippen molar-refractivity contribution in [3.63, 3.8) is 0 Å². The molecule has 0 spiro atoms. The predicted molar refractivity (Wildman–Crippen MR) is 139 cm³/mol. The Hall–Kier alpha value is -2.98. The molecule has 10 heteroatoms. The van der Waals surface area contributed by atoms with Gasteiger partial charge in [-0.3, -0.25) is 4.79 Å². The molecule has 1 amide bonds. The maximum absolute atomic E-state index is 13.3. The number of nitrogens with zero attached hydrogens (tertiary/aromatic N) is 5. The Morgan fingerprint density at radius 3 is 2.42 bits per heavy atom. The fourth-order valence-corrected chi connectivity index (χ4v) is 5.48. The lowest BCUT2D eigenvalue weighted by atomic mass is 9.82. The molecule has 1 aliphatic carbocycles. The third-order valence-corrected chi connectivity index (χ3v) is 8.66. The van der Waals surface area contributed by atoms with E-state index >= 15 is 0 Å². The van der Waals surface area contributed by atoms with Gasteiger partial charge in [0.05, 0.1) is 28.7 Å². The molecule has 3 aromatic rings. The first-order chi connectivity index (χ1) is 17.3. The van der Waals surface area contributed by atoms with Crippen molar-refractivity contribution >= 4 is 32.7 Å². The van der Waals surface area contributed by atoms with Gasteiger partial charge in [-0.1, -0.05) is 24.6 Å². The van der Waals surface area contributed by atoms with Crippen LogP contribution in [0.15, 0.2) is 36.4 Å². The summed E-state index contributed by atoms with van der Waals surface area (Å²) in [5.41, 5.74) is 3.46. The maximum Gasteiger partial charge on any atom is 0.285 e. The smallest absolute Gasteiger partial charge is 0.285 e. The number of ether oxygens (including phenoxy) is 1. The van der Waals surface area contributed by atoms with Gasteiger partial charge >= 0.3 is 0 Å². The van der Waals surface area contributed by atoms with E-state index in [9.17, 15) is 13.2 Å². The molecule has 192 valence electrons. The van der Waals surface area contributed by atoms with Crippen LogP contribution in [0.2, 0.25) is 0 Å². The van der Waals surface area contributed by atoms with E-state index < -0.39 is 15.9 Å². The fourth-order valence-electron chi connectivity index (χ4n) is 5.09. The Labute approximate surface area is 212 Å². The third-order valence-electron chi connectivity index (χ3n) is 7.50. The number of carbonyl (C=O) groups excluding carboxylic acids is 1. The summed E-state index contributed by atoms with van der Waals surface area (Å²) >= 11 is 0. The van der Waals surface area contributed by atoms with Crippen LogP contribution in [0.4, 0.5) is 5.69 Å². The molecule has 2 aromatic heterocycles. The van der Waals surface area contributed by atoms with Crippen molar-refractivity contribution in [2.24, 2.45) is 5.92 Å². The zero-order valence-corrected chi connectivity index (χ0v) is 21.9. The van der Waals surface area contributed by atoms with E-state index in [4.69, 9.17) is 14.8 Å². The van der Waals surface area contributed by atoms with E-state index in [1.54, 1.807) is 17.9 Å². The number of para-hydroxylation sites is 1. The minimum Gasteiger partial charge on any atom is -0.384 e. The Morgan fingerprint density at radius 2 is 1.83 bits per heavy atom. The number of rotatable bonds is 7. The molecule has 2 fully saturated rings. The number of hydrogen-bond acceptors (Lipinski definition) is 7. The van der Waals surface area contributed by atoms with E-state index in [1.807, 2.05) is 30.3 Å². The fraction of sp³-hybridized carbons (Fsp3) is 0.500. The molecule has 3 heterocycles. The molecule has 1 saturated carbocycles. The number of amides is 1. The number of pyridine rings is 1. The highest BCUT2D eigenvalue weighted by Gasteiger charge is 2.32. The second kappa shape index (κ2) is 9.82. The van der Waals surface area contributed by atoms with Gasteiger partial charge in [0, 0.05) is 39.8 Å². The first-order valence-corrected chi connectivity index (χ1v) is 14.3. The number of sulfonamides is 1. The van der Waals surface area contributed by atoms with E-state index in [0.717, 1.165) is 78.4 Å². The normalized spacial score (nSPS) is 17.4. The summed E-state index contributed by atoms with van der Waals surface area (Å²) in [5.74, 6) is 0.199. The van der Waals surface area contributed by atoms with Gasteiger partial charge in [0.2, 0.25) is 10.0 Å².